The summed E-state index contributed by atoms with van der Waals surface area (Å²) in [5, 5.41) is 3.21. The molecule has 200 valence electrons. The molecule has 0 saturated heterocycles. The Bertz CT molecular complexity index is 1060. The first-order valence-electron chi connectivity index (χ1n) is 13.2. The van der Waals surface area contributed by atoms with E-state index in [4.69, 9.17) is 18.6 Å². The van der Waals surface area contributed by atoms with Crippen LogP contribution in [0.5, 0.6) is 17.2 Å². The van der Waals surface area contributed by atoms with E-state index in [9.17, 15) is 9.59 Å². The summed E-state index contributed by atoms with van der Waals surface area (Å²) < 4.78 is 22.2. The van der Waals surface area contributed by atoms with Crippen LogP contribution in [0.15, 0.2) is 46.6 Å². The molecular weight excluding hydrogens is 472 g/mol. The van der Waals surface area contributed by atoms with Crippen molar-refractivity contribution in [1.82, 2.24) is 10.2 Å². The van der Waals surface area contributed by atoms with Crippen LogP contribution >= 0.6 is 0 Å². The summed E-state index contributed by atoms with van der Waals surface area (Å²) in [5.74, 6) is 0.927. The SMILES string of the molecule is COc1cc(C(C(=O)NC2CCCC2)N(CCC2=CCCCC2)C(=O)c2ccco2)cc(OC)c1OC. The Morgan fingerprint density at radius 3 is 2.35 bits per heavy atom. The minimum absolute atomic E-state index is 0.0960. The van der Waals surface area contributed by atoms with Crippen molar-refractivity contribution in [3.63, 3.8) is 0 Å². The smallest absolute Gasteiger partial charge is 0.290 e. The van der Waals surface area contributed by atoms with Crippen molar-refractivity contribution in [2.75, 3.05) is 27.9 Å². The van der Waals surface area contributed by atoms with E-state index in [1.807, 2.05) is 0 Å². The summed E-state index contributed by atoms with van der Waals surface area (Å²) in [7, 11) is 4.61. The first-order chi connectivity index (χ1) is 18.0. The number of carbonyl (C=O) groups is 2. The van der Waals surface area contributed by atoms with Gasteiger partial charge in [-0.1, -0.05) is 24.5 Å². The second-order valence-corrected chi connectivity index (χ2v) is 9.69. The topological polar surface area (TPSA) is 90.2 Å². The van der Waals surface area contributed by atoms with Crippen molar-refractivity contribution in [2.45, 2.75) is 69.9 Å². The minimum Gasteiger partial charge on any atom is -0.493 e. The fraction of sp³-hybridized carbons (Fsp3) is 0.517. The molecule has 1 fully saturated rings. The summed E-state index contributed by atoms with van der Waals surface area (Å²) >= 11 is 0. The molecule has 8 heteroatoms. The molecule has 1 aromatic heterocycles. The van der Waals surface area contributed by atoms with Crippen molar-refractivity contribution < 1.29 is 28.2 Å². The highest BCUT2D eigenvalue weighted by molar-refractivity contribution is 5.96. The Morgan fingerprint density at radius 1 is 1.05 bits per heavy atom. The second kappa shape index (κ2) is 12.7. The molecular formula is C29H38N2O6. The summed E-state index contributed by atoms with van der Waals surface area (Å²) in [6.07, 6.45) is 12.9. The molecule has 1 unspecified atom stereocenters. The number of allylic oxidation sites excluding steroid dienone is 1. The summed E-state index contributed by atoms with van der Waals surface area (Å²) in [5.41, 5.74) is 1.91. The molecule has 1 atom stereocenters. The molecule has 2 aliphatic rings. The molecule has 1 saturated carbocycles. The maximum absolute atomic E-state index is 14.0. The Balaban J connectivity index is 1.76. The molecule has 37 heavy (non-hydrogen) atoms. The highest BCUT2D eigenvalue weighted by Gasteiger charge is 2.36. The fourth-order valence-electron chi connectivity index (χ4n) is 5.37. The number of benzene rings is 1. The van der Waals surface area contributed by atoms with E-state index in [-0.39, 0.29) is 23.6 Å². The number of methoxy groups -OCH3 is 3. The van der Waals surface area contributed by atoms with Gasteiger partial charge in [-0.25, -0.2) is 0 Å². The van der Waals surface area contributed by atoms with Crippen molar-refractivity contribution in [2.24, 2.45) is 0 Å². The van der Waals surface area contributed by atoms with Gasteiger partial charge in [0.1, 0.15) is 6.04 Å². The molecule has 0 spiro atoms. The van der Waals surface area contributed by atoms with Crippen LogP contribution < -0.4 is 19.5 Å². The predicted molar refractivity (Wildman–Crippen MR) is 140 cm³/mol. The molecule has 2 aliphatic carbocycles. The van der Waals surface area contributed by atoms with E-state index in [1.54, 1.807) is 29.2 Å². The van der Waals surface area contributed by atoms with Crippen molar-refractivity contribution >= 4 is 11.8 Å². The number of nitrogens with zero attached hydrogens (tertiary/aromatic N) is 1. The fourth-order valence-corrected chi connectivity index (χ4v) is 5.37. The first-order valence-corrected chi connectivity index (χ1v) is 13.2. The zero-order valence-electron chi connectivity index (χ0n) is 22.1. The Labute approximate surface area is 218 Å². The zero-order valence-corrected chi connectivity index (χ0v) is 22.1. The first kappa shape index (κ1) is 26.6. The lowest BCUT2D eigenvalue weighted by molar-refractivity contribution is -0.126. The van der Waals surface area contributed by atoms with E-state index in [2.05, 4.69) is 11.4 Å². The van der Waals surface area contributed by atoms with Crippen molar-refractivity contribution in [1.29, 1.82) is 0 Å². The van der Waals surface area contributed by atoms with Gasteiger partial charge in [0.15, 0.2) is 17.3 Å². The quantitative estimate of drug-likeness (QED) is 0.405. The number of carbonyl (C=O) groups excluding carboxylic acids is 2. The lowest BCUT2D eigenvalue weighted by Crippen LogP contribution is -2.46. The van der Waals surface area contributed by atoms with Crippen molar-refractivity contribution in [3.8, 4) is 17.2 Å². The van der Waals surface area contributed by atoms with Gasteiger partial charge in [0, 0.05) is 12.6 Å². The van der Waals surface area contributed by atoms with Gasteiger partial charge in [0.2, 0.25) is 11.7 Å². The standard InChI is InChI=1S/C29H38N2O6/c1-34-24-18-21(19-25(35-2)27(24)36-3)26(28(32)30-22-12-7-8-13-22)31(29(33)23-14-9-17-37-23)16-15-20-10-5-4-6-11-20/h9-10,14,17-19,22,26H,4-8,11-13,15-16H2,1-3H3,(H,30,32). The van der Waals surface area contributed by atoms with Gasteiger partial charge in [-0.15, -0.1) is 0 Å². The monoisotopic (exact) mass is 510 g/mol. The van der Waals surface area contributed by atoms with Crippen LogP contribution in [0.4, 0.5) is 0 Å². The highest BCUT2D eigenvalue weighted by atomic mass is 16.5. The van der Waals surface area contributed by atoms with Crippen LogP contribution in [0.25, 0.3) is 0 Å². The number of hydrogen-bond acceptors (Lipinski definition) is 6. The van der Waals surface area contributed by atoms with E-state index >= 15 is 0 Å². The zero-order chi connectivity index (χ0) is 26.2. The number of hydrogen-bond donors (Lipinski definition) is 1. The molecule has 1 N–H and O–H groups in total. The van der Waals surface area contributed by atoms with Gasteiger partial charge in [-0.05, 0) is 74.8 Å². The van der Waals surface area contributed by atoms with E-state index in [0.29, 0.717) is 35.8 Å². The van der Waals surface area contributed by atoms with Gasteiger partial charge in [-0.3, -0.25) is 9.59 Å². The Kier molecular flexibility index (Phi) is 9.14. The normalized spacial score (nSPS) is 16.6. The molecule has 0 radical (unpaired) electrons. The van der Waals surface area contributed by atoms with Crippen molar-refractivity contribution in [3.05, 3.63) is 53.5 Å². The van der Waals surface area contributed by atoms with Crippen LogP contribution in [-0.4, -0.2) is 50.6 Å². The third-order valence-corrected chi connectivity index (χ3v) is 7.32. The molecule has 0 bridgehead atoms. The Hall–Kier alpha value is -3.42. The number of furan rings is 1. The molecule has 0 aliphatic heterocycles. The van der Waals surface area contributed by atoms with Crippen LogP contribution in [0.1, 0.15) is 79.9 Å². The summed E-state index contributed by atoms with van der Waals surface area (Å²) in [6, 6.07) is 6.01. The predicted octanol–water partition coefficient (Wildman–Crippen LogP) is 5.44. The van der Waals surface area contributed by atoms with Gasteiger partial charge in [0.25, 0.3) is 5.91 Å². The number of nitrogens with one attached hydrogen (secondary N) is 1. The maximum Gasteiger partial charge on any atom is 0.290 e. The average molecular weight is 511 g/mol. The number of amides is 2. The van der Waals surface area contributed by atoms with Crippen LogP contribution in [0, 0.1) is 0 Å². The molecule has 1 aromatic carbocycles. The molecule has 1 heterocycles. The summed E-state index contributed by atoms with van der Waals surface area (Å²) in [4.78, 5) is 29.4. The lowest BCUT2D eigenvalue weighted by atomic mass is 9.96. The van der Waals surface area contributed by atoms with E-state index in [0.717, 1.165) is 44.9 Å². The number of rotatable bonds is 11. The number of ether oxygens (including phenoxy) is 3. The van der Waals surface area contributed by atoms with Crippen LogP contribution in [-0.2, 0) is 4.79 Å². The molecule has 4 rings (SSSR count). The third-order valence-electron chi connectivity index (χ3n) is 7.32. The molecule has 2 amide bonds. The largest absolute Gasteiger partial charge is 0.493 e. The average Bonchev–Trinajstić information content (AvgIpc) is 3.65. The van der Waals surface area contributed by atoms with Gasteiger partial charge in [-0.2, -0.15) is 0 Å². The minimum atomic E-state index is -0.906. The van der Waals surface area contributed by atoms with Gasteiger partial charge in [0.05, 0.1) is 27.6 Å². The second-order valence-electron chi connectivity index (χ2n) is 9.69. The highest BCUT2D eigenvalue weighted by Crippen LogP contribution is 2.41. The van der Waals surface area contributed by atoms with E-state index in [1.165, 1.54) is 39.6 Å². The third kappa shape index (κ3) is 6.29. The molecule has 8 nitrogen and oxygen atoms in total. The van der Waals surface area contributed by atoms with E-state index < -0.39 is 6.04 Å². The Morgan fingerprint density at radius 2 is 1.78 bits per heavy atom. The molecule has 2 aromatic rings. The maximum atomic E-state index is 14.0. The van der Waals surface area contributed by atoms with Gasteiger partial charge >= 0.3 is 0 Å². The van der Waals surface area contributed by atoms with Crippen LogP contribution in [0.3, 0.4) is 0 Å². The van der Waals surface area contributed by atoms with Gasteiger partial charge < -0.3 is 28.8 Å². The van der Waals surface area contributed by atoms with Crippen LogP contribution in [0.2, 0.25) is 0 Å². The lowest BCUT2D eigenvalue weighted by Gasteiger charge is -2.32. The summed E-state index contributed by atoms with van der Waals surface area (Å²) in [6.45, 7) is 0.380.